The number of nitrogens with zero attached hydrogens (tertiary/aromatic N) is 1. The fourth-order valence-corrected chi connectivity index (χ4v) is 2.62. The lowest BCUT2D eigenvalue weighted by Crippen LogP contribution is -2.24. The lowest BCUT2D eigenvalue weighted by molar-refractivity contribution is 0.108. The molecule has 0 saturated carbocycles. The van der Waals surface area contributed by atoms with Crippen LogP contribution in [0.15, 0.2) is 27.5 Å². The zero-order valence-corrected chi connectivity index (χ0v) is 12.5. The van der Waals surface area contributed by atoms with Crippen LogP contribution in [0.1, 0.15) is 11.3 Å². The number of nitrogens with one attached hydrogen (secondary N) is 1. The Bertz CT molecular complexity index is 712. The van der Waals surface area contributed by atoms with Crippen molar-refractivity contribution in [3.63, 3.8) is 0 Å². The highest BCUT2D eigenvalue weighted by atomic mass is 79.9. The highest BCUT2D eigenvalue weighted by Gasteiger charge is 2.17. The monoisotopic (exact) mass is 336 g/mol. The molecule has 1 N–H and O–H groups in total. The van der Waals surface area contributed by atoms with E-state index in [9.17, 15) is 4.79 Å². The second-order valence-corrected chi connectivity index (χ2v) is 5.34. The number of hydrogen-bond acceptors (Lipinski definition) is 4. The van der Waals surface area contributed by atoms with Crippen molar-refractivity contribution in [2.45, 2.75) is 13.0 Å². The van der Waals surface area contributed by atoms with Crippen LogP contribution in [0, 0.1) is 0 Å². The van der Waals surface area contributed by atoms with Gasteiger partial charge in [-0.3, -0.25) is 4.79 Å². The predicted octanol–water partition coefficient (Wildman–Crippen LogP) is 2.28. The number of ether oxygens (including phenoxy) is 2. The molecule has 0 atom stereocenters. The van der Waals surface area contributed by atoms with Crippen LogP contribution in [0.25, 0.3) is 11.4 Å². The SMILES string of the molecule is COc1ccc(Br)c(-c2nc3c(c(=O)[nH]2)COCC3)c1. The van der Waals surface area contributed by atoms with Gasteiger partial charge in [-0.05, 0) is 18.2 Å². The number of aromatic amines is 1. The smallest absolute Gasteiger partial charge is 0.256 e. The molecule has 1 aliphatic rings. The summed E-state index contributed by atoms with van der Waals surface area (Å²) in [7, 11) is 1.60. The Kier molecular flexibility index (Phi) is 3.58. The van der Waals surface area contributed by atoms with E-state index in [1.54, 1.807) is 7.11 Å². The maximum atomic E-state index is 12.1. The van der Waals surface area contributed by atoms with E-state index >= 15 is 0 Å². The molecule has 3 rings (SSSR count). The number of fused-ring (bicyclic) bond motifs is 1. The van der Waals surface area contributed by atoms with Gasteiger partial charge >= 0.3 is 0 Å². The molecule has 0 spiro atoms. The van der Waals surface area contributed by atoms with Crippen molar-refractivity contribution in [1.29, 1.82) is 0 Å². The van der Waals surface area contributed by atoms with E-state index in [0.29, 0.717) is 36.8 Å². The van der Waals surface area contributed by atoms with E-state index in [1.165, 1.54) is 0 Å². The molecule has 2 heterocycles. The van der Waals surface area contributed by atoms with Gasteiger partial charge in [0.2, 0.25) is 0 Å². The summed E-state index contributed by atoms with van der Waals surface area (Å²) in [5.41, 5.74) is 2.10. The average Bonchev–Trinajstić information content (AvgIpc) is 2.48. The topological polar surface area (TPSA) is 64.2 Å². The summed E-state index contributed by atoms with van der Waals surface area (Å²) in [5, 5.41) is 0. The van der Waals surface area contributed by atoms with Crippen molar-refractivity contribution in [3.8, 4) is 17.1 Å². The molecule has 1 aliphatic heterocycles. The Labute approximate surface area is 124 Å². The molecular formula is C14H13BrN2O3. The van der Waals surface area contributed by atoms with Gasteiger partial charge in [0.25, 0.3) is 5.56 Å². The van der Waals surface area contributed by atoms with Gasteiger partial charge in [0, 0.05) is 16.5 Å². The quantitative estimate of drug-likeness (QED) is 0.913. The van der Waals surface area contributed by atoms with E-state index in [-0.39, 0.29) is 5.56 Å². The second-order valence-electron chi connectivity index (χ2n) is 4.49. The standard InChI is InChI=1S/C14H13BrN2O3/c1-19-8-2-3-11(15)9(6-8)13-16-12-4-5-20-7-10(12)14(18)17-13/h2-3,6H,4-5,7H2,1H3,(H,16,17,18). The van der Waals surface area contributed by atoms with Gasteiger partial charge in [-0.25, -0.2) is 4.98 Å². The summed E-state index contributed by atoms with van der Waals surface area (Å²) >= 11 is 3.47. The Balaban J connectivity index is 2.15. The maximum Gasteiger partial charge on any atom is 0.256 e. The summed E-state index contributed by atoms with van der Waals surface area (Å²) in [6, 6.07) is 5.56. The van der Waals surface area contributed by atoms with Crippen LogP contribution in [-0.2, 0) is 17.8 Å². The lowest BCUT2D eigenvalue weighted by Gasteiger charge is -2.16. The summed E-state index contributed by atoms with van der Waals surface area (Å²) in [5.74, 6) is 1.26. The molecular weight excluding hydrogens is 324 g/mol. The van der Waals surface area contributed by atoms with Crippen molar-refractivity contribution in [2.24, 2.45) is 0 Å². The number of hydrogen-bond donors (Lipinski definition) is 1. The first kappa shape index (κ1) is 13.3. The molecule has 2 aromatic rings. The number of H-pyrrole nitrogens is 1. The molecule has 0 unspecified atom stereocenters. The fourth-order valence-electron chi connectivity index (χ4n) is 2.18. The van der Waals surface area contributed by atoms with Crippen LogP contribution in [0.2, 0.25) is 0 Å². The summed E-state index contributed by atoms with van der Waals surface area (Å²) in [6.07, 6.45) is 0.661. The molecule has 0 amide bonds. The van der Waals surface area contributed by atoms with E-state index in [1.807, 2.05) is 18.2 Å². The van der Waals surface area contributed by atoms with Crippen molar-refractivity contribution in [2.75, 3.05) is 13.7 Å². The Morgan fingerprint density at radius 2 is 2.30 bits per heavy atom. The third kappa shape index (κ3) is 2.36. The third-order valence-electron chi connectivity index (χ3n) is 3.26. The first-order valence-electron chi connectivity index (χ1n) is 6.23. The van der Waals surface area contributed by atoms with Gasteiger partial charge in [-0.2, -0.15) is 0 Å². The second kappa shape index (κ2) is 5.38. The van der Waals surface area contributed by atoms with Gasteiger partial charge in [0.05, 0.1) is 31.6 Å². The van der Waals surface area contributed by atoms with Gasteiger partial charge in [-0.15, -0.1) is 0 Å². The summed E-state index contributed by atoms with van der Waals surface area (Å²) < 4.78 is 11.4. The van der Waals surface area contributed by atoms with Gasteiger partial charge < -0.3 is 14.5 Å². The average molecular weight is 337 g/mol. The zero-order valence-electron chi connectivity index (χ0n) is 10.9. The Morgan fingerprint density at radius 1 is 1.45 bits per heavy atom. The summed E-state index contributed by atoms with van der Waals surface area (Å²) in [4.78, 5) is 19.5. The largest absolute Gasteiger partial charge is 0.497 e. The molecule has 5 nitrogen and oxygen atoms in total. The van der Waals surface area contributed by atoms with E-state index in [2.05, 4.69) is 25.9 Å². The zero-order chi connectivity index (χ0) is 14.1. The van der Waals surface area contributed by atoms with Crippen LogP contribution in [0.4, 0.5) is 0 Å². The van der Waals surface area contributed by atoms with Gasteiger partial charge in [0.1, 0.15) is 11.6 Å². The number of methoxy groups -OCH3 is 1. The molecule has 20 heavy (non-hydrogen) atoms. The van der Waals surface area contributed by atoms with Gasteiger partial charge in [0.15, 0.2) is 0 Å². The van der Waals surface area contributed by atoms with Crippen molar-refractivity contribution in [3.05, 3.63) is 44.3 Å². The van der Waals surface area contributed by atoms with Crippen LogP contribution in [-0.4, -0.2) is 23.7 Å². The molecule has 104 valence electrons. The molecule has 0 saturated heterocycles. The molecule has 1 aromatic heterocycles. The van der Waals surface area contributed by atoms with Gasteiger partial charge in [-0.1, -0.05) is 15.9 Å². The Morgan fingerprint density at radius 3 is 3.10 bits per heavy atom. The molecule has 0 aliphatic carbocycles. The number of benzene rings is 1. The third-order valence-corrected chi connectivity index (χ3v) is 3.95. The number of aromatic nitrogens is 2. The Hall–Kier alpha value is -1.66. The van der Waals surface area contributed by atoms with Crippen LogP contribution in [0.3, 0.4) is 0 Å². The van der Waals surface area contributed by atoms with Crippen LogP contribution in [0.5, 0.6) is 5.75 Å². The minimum absolute atomic E-state index is 0.139. The fraction of sp³-hybridized carbons (Fsp3) is 0.286. The van der Waals surface area contributed by atoms with Crippen molar-refractivity contribution < 1.29 is 9.47 Å². The first-order valence-corrected chi connectivity index (χ1v) is 7.02. The first-order chi connectivity index (χ1) is 9.69. The molecule has 0 bridgehead atoms. The number of rotatable bonds is 2. The highest BCUT2D eigenvalue weighted by Crippen LogP contribution is 2.29. The van der Waals surface area contributed by atoms with E-state index < -0.39 is 0 Å². The van der Waals surface area contributed by atoms with Crippen molar-refractivity contribution >= 4 is 15.9 Å². The predicted molar refractivity (Wildman–Crippen MR) is 77.9 cm³/mol. The molecule has 1 aromatic carbocycles. The van der Waals surface area contributed by atoms with E-state index in [0.717, 1.165) is 15.7 Å². The van der Waals surface area contributed by atoms with Crippen LogP contribution >= 0.6 is 15.9 Å². The lowest BCUT2D eigenvalue weighted by atomic mass is 10.1. The normalized spacial score (nSPS) is 13.9. The molecule has 0 fully saturated rings. The molecule has 6 heteroatoms. The minimum Gasteiger partial charge on any atom is -0.497 e. The number of halogens is 1. The highest BCUT2D eigenvalue weighted by molar-refractivity contribution is 9.10. The van der Waals surface area contributed by atoms with Crippen LogP contribution < -0.4 is 10.3 Å². The minimum atomic E-state index is -0.139. The van der Waals surface area contributed by atoms with E-state index in [4.69, 9.17) is 9.47 Å². The van der Waals surface area contributed by atoms with Crippen molar-refractivity contribution in [1.82, 2.24) is 9.97 Å². The summed E-state index contributed by atoms with van der Waals surface area (Å²) in [6.45, 7) is 0.930. The maximum absolute atomic E-state index is 12.1. The molecule has 0 radical (unpaired) electrons.